The molecular formula is C13H9BrN4S2. The SMILES string of the molecule is Brc1csc(C#CCCNc2ncnc3sccc23)n1. The Labute approximate surface area is 132 Å². The van der Waals surface area contributed by atoms with Crippen molar-refractivity contribution in [2.45, 2.75) is 6.42 Å². The van der Waals surface area contributed by atoms with Crippen LogP contribution in [0.3, 0.4) is 0 Å². The van der Waals surface area contributed by atoms with Crippen LogP contribution >= 0.6 is 38.6 Å². The van der Waals surface area contributed by atoms with Gasteiger partial charge < -0.3 is 5.32 Å². The van der Waals surface area contributed by atoms with Crippen LogP contribution in [0.4, 0.5) is 5.82 Å². The van der Waals surface area contributed by atoms with Gasteiger partial charge in [0.15, 0.2) is 5.01 Å². The van der Waals surface area contributed by atoms with Crippen molar-refractivity contribution in [1.82, 2.24) is 15.0 Å². The zero-order valence-electron chi connectivity index (χ0n) is 10.3. The van der Waals surface area contributed by atoms with Crippen molar-refractivity contribution < 1.29 is 0 Å². The van der Waals surface area contributed by atoms with E-state index in [-0.39, 0.29) is 0 Å². The largest absolute Gasteiger partial charge is 0.368 e. The molecule has 0 fully saturated rings. The quantitative estimate of drug-likeness (QED) is 0.567. The summed E-state index contributed by atoms with van der Waals surface area (Å²) in [7, 11) is 0. The first-order chi connectivity index (χ1) is 9.83. The van der Waals surface area contributed by atoms with Gasteiger partial charge in [-0.2, -0.15) is 0 Å². The fourth-order valence-corrected chi connectivity index (χ4v) is 3.48. The molecular weight excluding hydrogens is 356 g/mol. The molecule has 0 saturated heterocycles. The van der Waals surface area contributed by atoms with Gasteiger partial charge >= 0.3 is 0 Å². The summed E-state index contributed by atoms with van der Waals surface area (Å²) in [6, 6.07) is 2.03. The smallest absolute Gasteiger partial charge is 0.168 e. The number of aromatic nitrogens is 3. The van der Waals surface area contributed by atoms with Crippen LogP contribution in [0, 0.1) is 11.8 Å². The summed E-state index contributed by atoms with van der Waals surface area (Å²) in [6.45, 7) is 0.751. The molecule has 0 radical (unpaired) electrons. The van der Waals surface area contributed by atoms with Crippen LogP contribution in [0.1, 0.15) is 11.4 Å². The van der Waals surface area contributed by atoms with E-state index < -0.39 is 0 Å². The van der Waals surface area contributed by atoms with E-state index in [9.17, 15) is 0 Å². The number of rotatable bonds is 3. The van der Waals surface area contributed by atoms with Crippen molar-refractivity contribution in [1.29, 1.82) is 0 Å². The molecule has 3 heterocycles. The van der Waals surface area contributed by atoms with E-state index in [0.29, 0.717) is 0 Å². The average Bonchev–Trinajstić information content (AvgIpc) is 3.07. The lowest BCUT2D eigenvalue weighted by molar-refractivity contribution is 1.07. The number of thiophene rings is 1. The Bertz CT molecular complexity index is 784. The number of nitrogens with zero attached hydrogens (tertiary/aromatic N) is 3. The molecule has 0 bridgehead atoms. The molecule has 0 saturated carbocycles. The van der Waals surface area contributed by atoms with E-state index in [2.05, 4.69) is 48.0 Å². The fraction of sp³-hybridized carbons (Fsp3) is 0.154. The van der Waals surface area contributed by atoms with Gasteiger partial charge in [-0.05, 0) is 33.3 Å². The summed E-state index contributed by atoms with van der Waals surface area (Å²) in [5, 5.41) is 9.13. The predicted octanol–water partition coefficient (Wildman–Crippen LogP) is 3.76. The normalized spacial score (nSPS) is 10.2. The van der Waals surface area contributed by atoms with E-state index in [1.165, 1.54) is 11.3 Å². The van der Waals surface area contributed by atoms with Crippen LogP contribution in [0.25, 0.3) is 10.2 Å². The maximum absolute atomic E-state index is 4.26. The topological polar surface area (TPSA) is 50.7 Å². The predicted molar refractivity (Wildman–Crippen MR) is 87.2 cm³/mol. The van der Waals surface area contributed by atoms with Gasteiger partial charge in [-0.25, -0.2) is 15.0 Å². The Hall–Kier alpha value is -1.49. The van der Waals surface area contributed by atoms with Crippen LogP contribution in [0.2, 0.25) is 0 Å². The van der Waals surface area contributed by atoms with E-state index in [0.717, 1.165) is 38.6 Å². The molecule has 20 heavy (non-hydrogen) atoms. The summed E-state index contributed by atoms with van der Waals surface area (Å²) in [5.41, 5.74) is 0. The second-order valence-electron chi connectivity index (χ2n) is 3.82. The van der Waals surface area contributed by atoms with Gasteiger partial charge in [0.2, 0.25) is 0 Å². The Balaban J connectivity index is 1.58. The van der Waals surface area contributed by atoms with Gasteiger partial charge in [-0.3, -0.25) is 0 Å². The van der Waals surface area contributed by atoms with E-state index in [1.54, 1.807) is 17.7 Å². The Morgan fingerprint density at radius 3 is 3.10 bits per heavy atom. The second-order valence-corrected chi connectivity index (χ2v) is 6.38. The minimum absolute atomic E-state index is 0.743. The minimum Gasteiger partial charge on any atom is -0.368 e. The van der Waals surface area contributed by atoms with E-state index in [1.807, 2.05) is 16.8 Å². The number of fused-ring (bicyclic) bond motifs is 1. The maximum Gasteiger partial charge on any atom is 0.168 e. The first kappa shape index (κ1) is 13.5. The number of halogens is 1. The molecule has 1 N–H and O–H groups in total. The van der Waals surface area contributed by atoms with Gasteiger partial charge in [-0.1, -0.05) is 5.92 Å². The van der Waals surface area contributed by atoms with E-state index >= 15 is 0 Å². The molecule has 7 heteroatoms. The van der Waals surface area contributed by atoms with Gasteiger partial charge in [-0.15, -0.1) is 22.7 Å². The van der Waals surface area contributed by atoms with Crippen molar-refractivity contribution in [3.8, 4) is 11.8 Å². The molecule has 0 amide bonds. The highest BCUT2D eigenvalue weighted by Gasteiger charge is 2.02. The first-order valence-electron chi connectivity index (χ1n) is 5.85. The Morgan fingerprint density at radius 2 is 2.25 bits per heavy atom. The zero-order valence-corrected chi connectivity index (χ0v) is 13.5. The number of thiazole rings is 1. The molecule has 0 unspecified atom stereocenters. The average molecular weight is 365 g/mol. The number of hydrogen-bond acceptors (Lipinski definition) is 6. The summed E-state index contributed by atoms with van der Waals surface area (Å²) in [5.74, 6) is 7.01. The van der Waals surface area contributed by atoms with Gasteiger partial charge in [0, 0.05) is 18.3 Å². The molecule has 0 atom stereocenters. The number of nitrogens with one attached hydrogen (secondary N) is 1. The Kier molecular flexibility index (Phi) is 4.25. The lowest BCUT2D eigenvalue weighted by atomic mass is 10.3. The lowest BCUT2D eigenvalue weighted by Crippen LogP contribution is -2.02. The minimum atomic E-state index is 0.743. The van der Waals surface area contributed by atoms with Crippen LogP contribution in [-0.2, 0) is 0 Å². The Morgan fingerprint density at radius 1 is 1.30 bits per heavy atom. The van der Waals surface area contributed by atoms with Crippen molar-refractivity contribution in [2.24, 2.45) is 0 Å². The molecule has 4 nitrogen and oxygen atoms in total. The summed E-state index contributed by atoms with van der Waals surface area (Å²) >= 11 is 6.46. The lowest BCUT2D eigenvalue weighted by Gasteiger charge is -2.03. The third-order valence-corrected chi connectivity index (χ3v) is 4.76. The summed E-state index contributed by atoms with van der Waals surface area (Å²) < 4.78 is 0.839. The van der Waals surface area contributed by atoms with Crippen molar-refractivity contribution in [3.05, 3.63) is 32.8 Å². The van der Waals surface area contributed by atoms with Crippen molar-refractivity contribution in [3.63, 3.8) is 0 Å². The van der Waals surface area contributed by atoms with Crippen LogP contribution in [-0.4, -0.2) is 21.5 Å². The molecule has 3 aromatic heterocycles. The highest BCUT2D eigenvalue weighted by Crippen LogP contribution is 2.23. The molecule has 3 aromatic rings. The van der Waals surface area contributed by atoms with Crippen LogP contribution in [0.15, 0.2) is 27.8 Å². The van der Waals surface area contributed by atoms with Crippen molar-refractivity contribution in [2.75, 3.05) is 11.9 Å². The van der Waals surface area contributed by atoms with Crippen molar-refractivity contribution >= 4 is 54.6 Å². The molecule has 0 aliphatic rings. The fourth-order valence-electron chi connectivity index (χ4n) is 1.62. The highest BCUT2D eigenvalue weighted by molar-refractivity contribution is 9.10. The third kappa shape index (κ3) is 3.15. The maximum atomic E-state index is 4.26. The molecule has 0 aliphatic carbocycles. The molecule has 0 aromatic carbocycles. The van der Waals surface area contributed by atoms with E-state index in [4.69, 9.17) is 0 Å². The first-order valence-corrected chi connectivity index (χ1v) is 8.40. The monoisotopic (exact) mass is 364 g/mol. The summed E-state index contributed by atoms with van der Waals surface area (Å²) in [6.07, 6.45) is 2.33. The van der Waals surface area contributed by atoms with Crippen LogP contribution < -0.4 is 5.32 Å². The third-order valence-electron chi connectivity index (χ3n) is 2.48. The van der Waals surface area contributed by atoms with Crippen LogP contribution in [0.5, 0.6) is 0 Å². The molecule has 0 aliphatic heterocycles. The summed E-state index contributed by atoms with van der Waals surface area (Å²) in [4.78, 5) is 13.7. The molecule has 100 valence electrons. The second kappa shape index (κ2) is 6.31. The zero-order chi connectivity index (χ0) is 13.8. The van der Waals surface area contributed by atoms with Gasteiger partial charge in [0.1, 0.15) is 21.6 Å². The van der Waals surface area contributed by atoms with Gasteiger partial charge in [0.05, 0.1) is 5.39 Å². The molecule has 0 spiro atoms. The molecule has 3 rings (SSSR count). The van der Waals surface area contributed by atoms with Gasteiger partial charge in [0.25, 0.3) is 0 Å². The standard InChI is InChI=1S/C13H9BrN4S2/c14-10-7-20-11(18-10)3-1-2-5-15-12-9-4-6-19-13(9)17-8-16-12/h4,6-8H,2,5H2,(H,15,16,17). The number of hydrogen-bond donors (Lipinski definition) is 1. The highest BCUT2D eigenvalue weighted by atomic mass is 79.9. The number of anilines is 1.